The Morgan fingerprint density at radius 3 is 0.802 bits per heavy atom. The smallest absolute Gasteiger partial charge is 0.462 e. The van der Waals surface area contributed by atoms with Crippen molar-refractivity contribution in [2.24, 2.45) is 0 Å². The molecule has 0 aromatic heterocycles. The highest BCUT2D eigenvalue weighted by Crippen LogP contribution is 2.45. The number of esters is 4. The van der Waals surface area contributed by atoms with Gasteiger partial charge in [0.25, 0.3) is 0 Å². The number of phosphoric acid groups is 2. The highest BCUT2D eigenvalue weighted by Gasteiger charge is 2.30. The van der Waals surface area contributed by atoms with Crippen LogP contribution in [-0.2, 0) is 65.4 Å². The van der Waals surface area contributed by atoms with E-state index in [-0.39, 0.29) is 25.7 Å². The van der Waals surface area contributed by atoms with Crippen LogP contribution in [0.2, 0.25) is 0 Å². The van der Waals surface area contributed by atoms with Crippen LogP contribution < -0.4 is 0 Å². The van der Waals surface area contributed by atoms with Crippen LogP contribution in [0.25, 0.3) is 0 Å². The second kappa shape index (κ2) is 70.7. The summed E-state index contributed by atoms with van der Waals surface area (Å²) in [5, 5.41) is 10.6. The van der Waals surface area contributed by atoms with E-state index < -0.39 is 97.5 Å². The van der Waals surface area contributed by atoms with Crippen LogP contribution in [0.1, 0.15) is 374 Å². The first-order chi connectivity index (χ1) is 46.7. The summed E-state index contributed by atoms with van der Waals surface area (Å²) in [5.74, 6) is -2.16. The molecule has 0 spiro atoms. The lowest BCUT2D eigenvalue weighted by Gasteiger charge is -2.21. The maximum Gasteiger partial charge on any atom is 0.472 e. The van der Waals surface area contributed by atoms with E-state index in [1.165, 1.54) is 167 Å². The van der Waals surface area contributed by atoms with Crippen molar-refractivity contribution in [2.45, 2.75) is 393 Å². The van der Waals surface area contributed by atoms with Crippen molar-refractivity contribution >= 4 is 39.5 Å². The summed E-state index contributed by atoms with van der Waals surface area (Å²) in [6.07, 6.45) is 65.5. The van der Waals surface area contributed by atoms with E-state index >= 15 is 0 Å². The number of carbonyl (C=O) groups is 4. The van der Waals surface area contributed by atoms with Crippen LogP contribution in [-0.4, -0.2) is 96.7 Å². The Hall–Kier alpha value is -2.72. The van der Waals surface area contributed by atoms with Gasteiger partial charge in [-0.05, 0) is 83.5 Å². The lowest BCUT2D eigenvalue weighted by molar-refractivity contribution is -0.161. The van der Waals surface area contributed by atoms with Crippen molar-refractivity contribution < 1.29 is 80.2 Å². The van der Waals surface area contributed by atoms with Crippen molar-refractivity contribution in [2.75, 3.05) is 39.6 Å². The van der Waals surface area contributed by atoms with Crippen LogP contribution in [0.5, 0.6) is 0 Å². The Labute approximate surface area is 585 Å². The van der Waals surface area contributed by atoms with Crippen LogP contribution in [0.15, 0.2) is 36.5 Å². The van der Waals surface area contributed by atoms with E-state index in [0.29, 0.717) is 25.7 Å². The minimum Gasteiger partial charge on any atom is -0.462 e. The highest BCUT2D eigenvalue weighted by atomic mass is 31.2. The number of unbranched alkanes of at least 4 members (excludes halogenated alkanes) is 43. The third-order valence-corrected chi connectivity index (χ3v) is 19.0. The number of allylic oxidation sites excluding steroid dienone is 6. The normalized spacial score (nSPS) is 14.1. The molecule has 0 fully saturated rings. The fourth-order valence-electron chi connectivity index (χ4n) is 11.1. The maximum atomic E-state index is 13.1. The first-order valence-corrected chi connectivity index (χ1v) is 42.2. The third-order valence-electron chi connectivity index (χ3n) is 17.1. The highest BCUT2D eigenvalue weighted by molar-refractivity contribution is 7.47. The molecule has 17 nitrogen and oxygen atoms in total. The lowest BCUT2D eigenvalue weighted by atomic mass is 10.0. The van der Waals surface area contributed by atoms with Gasteiger partial charge in [-0.15, -0.1) is 0 Å². The van der Waals surface area contributed by atoms with Gasteiger partial charge in [0.2, 0.25) is 0 Å². The Morgan fingerprint density at radius 2 is 0.510 bits per heavy atom. The summed E-state index contributed by atoms with van der Waals surface area (Å²) in [4.78, 5) is 72.8. The average Bonchev–Trinajstić information content (AvgIpc) is 1.17. The van der Waals surface area contributed by atoms with Gasteiger partial charge in [0.05, 0.1) is 26.4 Å². The quantitative estimate of drug-likeness (QED) is 0.0169. The second-order valence-electron chi connectivity index (χ2n) is 26.7. The Bertz CT molecular complexity index is 1970. The van der Waals surface area contributed by atoms with Gasteiger partial charge in [0.15, 0.2) is 12.2 Å². The second-order valence-corrected chi connectivity index (χ2v) is 29.6. The van der Waals surface area contributed by atoms with Crippen LogP contribution in [0.3, 0.4) is 0 Å². The molecule has 0 saturated carbocycles. The first-order valence-electron chi connectivity index (χ1n) is 39.2. The molecular formula is C77H144O17P2. The largest absolute Gasteiger partial charge is 0.472 e. The number of rotatable bonds is 75. The van der Waals surface area contributed by atoms with Crippen molar-refractivity contribution in [3.8, 4) is 0 Å². The monoisotopic (exact) mass is 1400 g/mol. The van der Waals surface area contributed by atoms with Crippen molar-refractivity contribution in [1.29, 1.82) is 0 Å². The van der Waals surface area contributed by atoms with Gasteiger partial charge in [0, 0.05) is 25.7 Å². The Morgan fingerprint density at radius 1 is 0.292 bits per heavy atom. The number of hydrogen-bond acceptors (Lipinski definition) is 15. The fourth-order valence-corrected chi connectivity index (χ4v) is 12.7. The summed E-state index contributed by atoms with van der Waals surface area (Å²) in [6, 6.07) is 0. The lowest BCUT2D eigenvalue weighted by Crippen LogP contribution is -2.30. The fraction of sp³-hybridized carbons (Fsp3) is 0.870. The van der Waals surface area contributed by atoms with Gasteiger partial charge in [0.1, 0.15) is 19.3 Å². The number of hydrogen-bond donors (Lipinski definition) is 3. The maximum absolute atomic E-state index is 13.1. The van der Waals surface area contributed by atoms with Gasteiger partial charge in [-0.2, -0.15) is 0 Å². The number of aliphatic hydroxyl groups excluding tert-OH is 1. The molecule has 0 amide bonds. The predicted octanol–water partition coefficient (Wildman–Crippen LogP) is 22.3. The summed E-state index contributed by atoms with van der Waals surface area (Å²) in [5.41, 5.74) is 0. The SMILES string of the molecule is CCCCC/C=C\C/C=C\CCCCCCCC(=O)OC[C@H](COP(=O)(O)OC[C@@H](O)COP(=O)(O)OC[C@@H](COC(=O)CCCCCCCCCCCCCCC)OC(=O)CCCCCCC/C=C\CCCCCCCC)OC(=O)CCCCCCCCCCCCCCC. The van der Waals surface area contributed by atoms with Crippen molar-refractivity contribution in [1.82, 2.24) is 0 Å². The molecular weight excluding hydrogens is 1260 g/mol. The van der Waals surface area contributed by atoms with Gasteiger partial charge >= 0.3 is 39.5 Å². The molecule has 0 aromatic rings. The van der Waals surface area contributed by atoms with E-state index in [4.69, 9.17) is 37.0 Å². The molecule has 0 radical (unpaired) electrons. The molecule has 0 aliphatic heterocycles. The third kappa shape index (κ3) is 69.7. The molecule has 0 saturated heterocycles. The van der Waals surface area contributed by atoms with Crippen molar-refractivity contribution in [3.05, 3.63) is 36.5 Å². The van der Waals surface area contributed by atoms with E-state index in [2.05, 4.69) is 64.2 Å². The first kappa shape index (κ1) is 93.3. The number of carbonyl (C=O) groups excluding carboxylic acids is 4. The van der Waals surface area contributed by atoms with Gasteiger partial charge in [-0.3, -0.25) is 37.3 Å². The van der Waals surface area contributed by atoms with Gasteiger partial charge in [-0.1, -0.05) is 302 Å². The topological polar surface area (TPSA) is 237 Å². The number of ether oxygens (including phenoxy) is 4. The zero-order valence-corrected chi connectivity index (χ0v) is 63.4. The molecule has 564 valence electrons. The molecule has 0 aliphatic rings. The molecule has 96 heavy (non-hydrogen) atoms. The summed E-state index contributed by atoms with van der Waals surface area (Å²) < 4.78 is 68.5. The van der Waals surface area contributed by atoms with E-state index in [1.54, 1.807) is 0 Å². The number of phosphoric ester groups is 2. The number of aliphatic hydroxyl groups is 1. The molecule has 0 heterocycles. The molecule has 0 rings (SSSR count). The van der Waals surface area contributed by atoms with Crippen LogP contribution in [0, 0.1) is 0 Å². The molecule has 5 atom stereocenters. The molecule has 2 unspecified atom stereocenters. The summed E-state index contributed by atoms with van der Waals surface area (Å²) in [7, 11) is -9.93. The van der Waals surface area contributed by atoms with Crippen LogP contribution >= 0.6 is 15.6 Å². The molecule has 0 bridgehead atoms. The summed E-state index contributed by atoms with van der Waals surface area (Å²) >= 11 is 0. The predicted molar refractivity (Wildman–Crippen MR) is 391 cm³/mol. The Balaban J connectivity index is 5.31. The zero-order valence-electron chi connectivity index (χ0n) is 61.6. The zero-order chi connectivity index (χ0) is 70.4. The van der Waals surface area contributed by atoms with Crippen LogP contribution in [0.4, 0.5) is 0 Å². The van der Waals surface area contributed by atoms with Gasteiger partial charge in [-0.25, -0.2) is 9.13 Å². The minimum absolute atomic E-state index is 0.0927. The standard InChI is InChI=1S/C77H144O17P2/c1-5-9-13-17-21-25-29-33-35-39-42-46-50-54-58-62-75(80)88-68-72(93-76(81)63-59-55-51-47-43-38-32-28-24-20-16-12-8-4)69-91-95(83,84)89-65-71(78)66-90-96(85,86)92-70-73(67-87-74(79)61-57-53-49-45-41-37-31-27-23-19-15-11-7-3)94-77(82)64-60-56-52-48-44-40-36-34-30-26-22-18-14-10-6-2/h21,25,33-36,71-73,78H,5-20,22-24,26-32,37-70H2,1-4H3,(H,83,84)(H,85,86)/b25-21-,35-33-,36-34-/t71-,72-,73-/m1/s1. The average molecular weight is 1400 g/mol. The summed E-state index contributed by atoms with van der Waals surface area (Å²) in [6.45, 7) is 4.90. The Kier molecular flexibility index (Phi) is 68.7. The van der Waals surface area contributed by atoms with E-state index in [1.807, 2.05) is 0 Å². The molecule has 19 heteroatoms. The molecule has 0 aliphatic carbocycles. The van der Waals surface area contributed by atoms with E-state index in [0.717, 1.165) is 128 Å². The molecule has 0 aromatic carbocycles. The minimum atomic E-state index is -4.96. The van der Waals surface area contributed by atoms with Crippen molar-refractivity contribution in [3.63, 3.8) is 0 Å². The molecule has 3 N–H and O–H groups in total. The van der Waals surface area contributed by atoms with E-state index in [9.17, 15) is 43.2 Å². The van der Waals surface area contributed by atoms with Gasteiger partial charge < -0.3 is 33.8 Å².